The third-order valence-corrected chi connectivity index (χ3v) is 2.65. The Morgan fingerprint density at radius 2 is 1.79 bits per heavy atom. The zero-order valence-electron chi connectivity index (χ0n) is 12.3. The molecule has 0 aliphatic rings. The quantitative estimate of drug-likeness (QED) is 0.755. The van der Waals surface area contributed by atoms with E-state index >= 15 is 0 Å². The van der Waals surface area contributed by atoms with Gasteiger partial charge in [0.05, 0.1) is 0 Å². The summed E-state index contributed by atoms with van der Waals surface area (Å²) in [6.45, 7) is 9.36. The molecule has 0 unspecified atom stereocenters. The number of hydrogen-bond donors (Lipinski definition) is 2. The van der Waals surface area contributed by atoms with Crippen molar-refractivity contribution >= 4 is 17.4 Å². The van der Waals surface area contributed by atoms with Gasteiger partial charge in [0.15, 0.2) is 0 Å². The van der Waals surface area contributed by atoms with Gasteiger partial charge in [-0.1, -0.05) is 13.8 Å². The lowest BCUT2D eigenvalue weighted by atomic mass is 10.1. The third-order valence-electron chi connectivity index (χ3n) is 2.65. The number of Topliss-reactive ketones (excluding diaryl/α,β-unsaturated/α-hetero) is 1. The number of hydrogen-bond acceptors (Lipinski definition) is 5. The van der Waals surface area contributed by atoms with Gasteiger partial charge in [0, 0.05) is 25.6 Å². The van der Waals surface area contributed by atoms with Crippen molar-refractivity contribution in [1.29, 1.82) is 0 Å². The molecule has 5 nitrogen and oxygen atoms in total. The fourth-order valence-corrected chi connectivity index (χ4v) is 1.60. The first-order chi connectivity index (χ1) is 8.97. The van der Waals surface area contributed by atoms with E-state index in [0.29, 0.717) is 18.9 Å². The lowest BCUT2D eigenvalue weighted by molar-refractivity contribution is -0.116. The molecule has 5 heteroatoms. The third kappa shape index (κ3) is 6.74. The van der Waals surface area contributed by atoms with Gasteiger partial charge in [-0.3, -0.25) is 4.79 Å². The van der Waals surface area contributed by atoms with Crippen molar-refractivity contribution in [2.24, 2.45) is 5.92 Å². The number of carbonyl (C=O) groups excluding carboxylic acids is 1. The van der Waals surface area contributed by atoms with Crippen LogP contribution in [0.15, 0.2) is 6.07 Å². The van der Waals surface area contributed by atoms with Crippen LogP contribution in [0.25, 0.3) is 0 Å². The minimum Gasteiger partial charge on any atom is -0.370 e. The number of nitrogens with one attached hydrogen (secondary N) is 2. The summed E-state index contributed by atoms with van der Waals surface area (Å²) in [5, 5.41) is 6.44. The average Bonchev–Trinajstić information content (AvgIpc) is 2.27. The van der Waals surface area contributed by atoms with E-state index in [1.54, 1.807) is 6.92 Å². The first-order valence-corrected chi connectivity index (χ1v) is 6.80. The monoisotopic (exact) mass is 264 g/mol. The Kier molecular flexibility index (Phi) is 6.25. The molecule has 1 aromatic rings. The van der Waals surface area contributed by atoms with Crippen LogP contribution in [0.3, 0.4) is 0 Å². The van der Waals surface area contributed by atoms with Crippen molar-refractivity contribution in [2.75, 3.05) is 23.7 Å². The highest BCUT2D eigenvalue weighted by Crippen LogP contribution is 2.11. The molecule has 0 saturated carbocycles. The lowest BCUT2D eigenvalue weighted by Crippen LogP contribution is -2.11. The Labute approximate surface area is 115 Å². The zero-order chi connectivity index (χ0) is 14.3. The first kappa shape index (κ1) is 15.4. The second-order valence-corrected chi connectivity index (χ2v) is 5.17. The molecule has 0 aromatic carbocycles. The summed E-state index contributed by atoms with van der Waals surface area (Å²) in [5.41, 5.74) is 0. The first-order valence-electron chi connectivity index (χ1n) is 6.80. The van der Waals surface area contributed by atoms with Crippen LogP contribution >= 0.6 is 0 Å². The molecule has 0 saturated heterocycles. The van der Waals surface area contributed by atoms with Crippen LogP contribution in [0.1, 0.15) is 39.4 Å². The van der Waals surface area contributed by atoms with Crippen LogP contribution in [0.5, 0.6) is 0 Å². The Balaban J connectivity index is 2.53. The Hall–Kier alpha value is -1.65. The van der Waals surface area contributed by atoms with E-state index in [0.717, 1.165) is 30.4 Å². The summed E-state index contributed by atoms with van der Waals surface area (Å²) in [6, 6.07) is 1.88. The van der Waals surface area contributed by atoms with Gasteiger partial charge in [-0.2, -0.15) is 0 Å². The number of carbonyl (C=O) groups is 1. The number of aromatic nitrogens is 2. The topological polar surface area (TPSA) is 66.9 Å². The number of anilines is 2. The van der Waals surface area contributed by atoms with Crippen molar-refractivity contribution < 1.29 is 4.79 Å². The molecule has 1 heterocycles. The van der Waals surface area contributed by atoms with Crippen molar-refractivity contribution in [1.82, 2.24) is 9.97 Å². The van der Waals surface area contributed by atoms with Crippen LogP contribution in [-0.4, -0.2) is 28.8 Å². The van der Waals surface area contributed by atoms with E-state index in [1.165, 1.54) is 0 Å². The van der Waals surface area contributed by atoms with E-state index in [2.05, 4.69) is 34.4 Å². The van der Waals surface area contributed by atoms with Gasteiger partial charge in [0.25, 0.3) is 0 Å². The fourth-order valence-electron chi connectivity index (χ4n) is 1.60. The van der Waals surface area contributed by atoms with Crippen LogP contribution in [0.2, 0.25) is 0 Å². The molecular formula is C14H24N4O. The van der Waals surface area contributed by atoms with E-state index in [-0.39, 0.29) is 5.78 Å². The zero-order valence-corrected chi connectivity index (χ0v) is 12.3. The second-order valence-electron chi connectivity index (χ2n) is 5.17. The predicted molar refractivity (Wildman–Crippen MR) is 78.5 cm³/mol. The molecule has 19 heavy (non-hydrogen) atoms. The molecule has 0 aliphatic heterocycles. The van der Waals surface area contributed by atoms with Gasteiger partial charge in [-0.25, -0.2) is 9.97 Å². The normalized spacial score (nSPS) is 10.6. The van der Waals surface area contributed by atoms with Crippen molar-refractivity contribution in [3.63, 3.8) is 0 Å². The summed E-state index contributed by atoms with van der Waals surface area (Å²) >= 11 is 0. The standard InChI is InChI=1S/C14H24N4O/c1-10(2)5-7-15-13-9-14(18-12(4)17-13)16-8-6-11(3)19/h9-10H,5-8H2,1-4H3,(H2,15,16,17,18). The molecule has 0 spiro atoms. The molecule has 1 rings (SSSR count). The maximum Gasteiger partial charge on any atom is 0.131 e. The van der Waals surface area contributed by atoms with Gasteiger partial charge >= 0.3 is 0 Å². The van der Waals surface area contributed by atoms with Gasteiger partial charge in [0.2, 0.25) is 0 Å². The maximum atomic E-state index is 10.9. The average molecular weight is 264 g/mol. The summed E-state index contributed by atoms with van der Waals surface area (Å²) in [6.07, 6.45) is 1.62. The van der Waals surface area contributed by atoms with Gasteiger partial charge in [-0.05, 0) is 26.2 Å². The van der Waals surface area contributed by atoms with E-state index in [1.807, 2.05) is 13.0 Å². The molecular weight excluding hydrogens is 240 g/mol. The molecule has 0 atom stereocenters. The lowest BCUT2D eigenvalue weighted by Gasteiger charge is -2.10. The Morgan fingerprint density at radius 3 is 2.32 bits per heavy atom. The number of aryl methyl sites for hydroxylation is 1. The molecule has 0 fully saturated rings. The van der Waals surface area contributed by atoms with Crippen molar-refractivity contribution in [3.8, 4) is 0 Å². The van der Waals surface area contributed by atoms with Crippen LogP contribution in [0, 0.1) is 12.8 Å². The maximum absolute atomic E-state index is 10.9. The van der Waals surface area contributed by atoms with Crippen molar-refractivity contribution in [2.45, 2.75) is 40.5 Å². The summed E-state index contributed by atoms with van der Waals surface area (Å²) in [7, 11) is 0. The predicted octanol–water partition coefficient (Wildman–Crippen LogP) is 2.63. The fraction of sp³-hybridized carbons (Fsp3) is 0.643. The highest BCUT2D eigenvalue weighted by molar-refractivity contribution is 5.75. The number of rotatable bonds is 8. The molecule has 0 aliphatic carbocycles. The van der Waals surface area contributed by atoms with Crippen LogP contribution in [-0.2, 0) is 4.79 Å². The second kappa shape index (κ2) is 7.71. The van der Waals surface area contributed by atoms with E-state index < -0.39 is 0 Å². The Morgan fingerprint density at radius 1 is 1.21 bits per heavy atom. The molecule has 106 valence electrons. The number of ketones is 1. The smallest absolute Gasteiger partial charge is 0.131 e. The molecule has 1 aromatic heterocycles. The SMILES string of the molecule is CC(=O)CCNc1cc(NCCC(C)C)nc(C)n1. The van der Waals surface area contributed by atoms with Gasteiger partial charge in [0.1, 0.15) is 23.2 Å². The number of nitrogens with zero attached hydrogens (tertiary/aromatic N) is 2. The van der Waals surface area contributed by atoms with Crippen LogP contribution in [0.4, 0.5) is 11.6 Å². The van der Waals surface area contributed by atoms with E-state index in [9.17, 15) is 4.79 Å². The summed E-state index contributed by atoms with van der Waals surface area (Å²) < 4.78 is 0. The van der Waals surface area contributed by atoms with Crippen molar-refractivity contribution in [3.05, 3.63) is 11.9 Å². The minimum atomic E-state index is 0.175. The molecule has 2 N–H and O–H groups in total. The molecule has 0 radical (unpaired) electrons. The largest absolute Gasteiger partial charge is 0.370 e. The highest BCUT2D eigenvalue weighted by atomic mass is 16.1. The van der Waals surface area contributed by atoms with Gasteiger partial charge < -0.3 is 10.6 Å². The molecule has 0 amide bonds. The highest BCUT2D eigenvalue weighted by Gasteiger charge is 2.02. The Bertz CT molecular complexity index is 418. The molecule has 0 bridgehead atoms. The minimum absolute atomic E-state index is 0.175. The summed E-state index contributed by atoms with van der Waals surface area (Å²) in [4.78, 5) is 19.5. The van der Waals surface area contributed by atoms with E-state index in [4.69, 9.17) is 0 Å². The summed E-state index contributed by atoms with van der Waals surface area (Å²) in [5.74, 6) is 3.16. The van der Waals surface area contributed by atoms with Gasteiger partial charge in [-0.15, -0.1) is 0 Å². The van der Waals surface area contributed by atoms with Crippen LogP contribution < -0.4 is 10.6 Å².